The number of ether oxygens (including phenoxy) is 2. The number of Topliss-reactive ketones (excluding diaryl/α,β-unsaturated/α-hetero) is 1. The van der Waals surface area contributed by atoms with Crippen molar-refractivity contribution in [3.63, 3.8) is 0 Å². The topological polar surface area (TPSA) is 76.1 Å². The Balaban J connectivity index is 1.90. The minimum absolute atomic E-state index is 0.0277. The molecule has 0 saturated carbocycles. The van der Waals surface area contributed by atoms with Crippen molar-refractivity contribution in [1.82, 2.24) is 4.90 Å². The molecule has 4 rings (SSSR count). The normalized spacial score (nSPS) is 17.1. The molecule has 0 bridgehead atoms. The van der Waals surface area contributed by atoms with Gasteiger partial charge in [-0.25, -0.2) is 0 Å². The number of para-hydroxylation sites is 1. The zero-order valence-electron chi connectivity index (χ0n) is 20.0. The fraction of sp³-hybridized carbons (Fsp3) is 0.214. The standard InChI is InChI=1S/C28H26ClNO5/c1-16-14-23(35-4)17(2)13-21(16)26(31)24-25(18-9-11-20(29)12-10-18)30(28(33)27(24)32)15-19-7-5-6-8-22(19)34-3/h5-14,25,31H,15H2,1-4H3/b26-24+. The zero-order chi connectivity index (χ0) is 25.3. The van der Waals surface area contributed by atoms with Gasteiger partial charge < -0.3 is 19.5 Å². The maximum absolute atomic E-state index is 13.4. The van der Waals surface area contributed by atoms with Crippen molar-refractivity contribution in [2.45, 2.75) is 26.4 Å². The maximum atomic E-state index is 13.4. The van der Waals surface area contributed by atoms with Gasteiger partial charge in [0.1, 0.15) is 17.3 Å². The van der Waals surface area contributed by atoms with Crippen molar-refractivity contribution < 1.29 is 24.2 Å². The molecule has 1 amide bonds. The van der Waals surface area contributed by atoms with Crippen LogP contribution >= 0.6 is 11.6 Å². The largest absolute Gasteiger partial charge is 0.507 e. The van der Waals surface area contributed by atoms with Crippen molar-refractivity contribution >= 4 is 29.1 Å². The van der Waals surface area contributed by atoms with Gasteiger partial charge in [-0.05, 0) is 60.9 Å². The Morgan fingerprint density at radius 1 is 0.943 bits per heavy atom. The molecule has 3 aromatic carbocycles. The molecule has 0 radical (unpaired) electrons. The van der Waals surface area contributed by atoms with E-state index in [0.29, 0.717) is 27.6 Å². The highest BCUT2D eigenvalue weighted by Crippen LogP contribution is 2.42. The number of rotatable bonds is 6. The number of hydrogen-bond acceptors (Lipinski definition) is 5. The van der Waals surface area contributed by atoms with Gasteiger partial charge in [0.05, 0.1) is 32.4 Å². The first-order valence-corrected chi connectivity index (χ1v) is 11.5. The van der Waals surface area contributed by atoms with E-state index in [2.05, 4.69) is 0 Å². The highest BCUT2D eigenvalue weighted by molar-refractivity contribution is 6.46. The quantitative estimate of drug-likeness (QED) is 0.276. The summed E-state index contributed by atoms with van der Waals surface area (Å²) in [6.07, 6.45) is 0. The Morgan fingerprint density at radius 3 is 2.26 bits per heavy atom. The number of aryl methyl sites for hydroxylation is 2. The van der Waals surface area contributed by atoms with E-state index < -0.39 is 17.7 Å². The van der Waals surface area contributed by atoms with Crippen molar-refractivity contribution in [3.05, 3.63) is 99.1 Å². The van der Waals surface area contributed by atoms with E-state index in [0.717, 1.165) is 16.7 Å². The first-order valence-electron chi connectivity index (χ1n) is 11.1. The molecule has 7 heteroatoms. The molecular formula is C28H26ClNO5. The van der Waals surface area contributed by atoms with E-state index in [1.165, 1.54) is 4.90 Å². The number of halogens is 1. The van der Waals surface area contributed by atoms with E-state index in [-0.39, 0.29) is 17.9 Å². The molecule has 3 aromatic rings. The van der Waals surface area contributed by atoms with Crippen molar-refractivity contribution in [2.24, 2.45) is 0 Å². The number of nitrogens with zero attached hydrogens (tertiary/aromatic N) is 1. The summed E-state index contributed by atoms with van der Waals surface area (Å²) < 4.78 is 10.8. The third-order valence-electron chi connectivity index (χ3n) is 6.26. The van der Waals surface area contributed by atoms with E-state index >= 15 is 0 Å². The van der Waals surface area contributed by atoms with Crippen molar-refractivity contribution in [2.75, 3.05) is 14.2 Å². The van der Waals surface area contributed by atoms with Gasteiger partial charge in [-0.15, -0.1) is 0 Å². The summed E-state index contributed by atoms with van der Waals surface area (Å²) >= 11 is 6.11. The van der Waals surface area contributed by atoms with Crippen molar-refractivity contribution in [1.29, 1.82) is 0 Å². The number of methoxy groups -OCH3 is 2. The predicted octanol–water partition coefficient (Wildman–Crippen LogP) is 5.60. The van der Waals surface area contributed by atoms with Gasteiger partial charge in [0.25, 0.3) is 11.7 Å². The predicted molar refractivity (Wildman–Crippen MR) is 135 cm³/mol. The number of carbonyl (C=O) groups excluding carboxylic acids is 2. The lowest BCUT2D eigenvalue weighted by Gasteiger charge is -2.26. The Kier molecular flexibility index (Phi) is 6.85. The summed E-state index contributed by atoms with van der Waals surface area (Å²) in [6, 6.07) is 17.0. The van der Waals surface area contributed by atoms with Gasteiger partial charge >= 0.3 is 0 Å². The van der Waals surface area contributed by atoms with E-state index in [4.69, 9.17) is 21.1 Å². The molecule has 6 nitrogen and oxygen atoms in total. The third kappa shape index (κ3) is 4.49. The lowest BCUT2D eigenvalue weighted by Crippen LogP contribution is -2.29. The number of likely N-dealkylation sites (tertiary alicyclic amines) is 1. The molecule has 1 heterocycles. The van der Waals surface area contributed by atoms with Crippen LogP contribution in [0.3, 0.4) is 0 Å². The number of benzene rings is 3. The Morgan fingerprint density at radius 2 is 1.60 bits per heavy atom. The number of aliphatic hydroxyl groups excluding tert-OH is 1. The minimum Gasteiger partial charge on any atom is -0.507 e. The van der Waals surface area contributed by atoms with Gasteiger partial charge in [-0.2, -0.15) is 0 Å². The summed E-state index contributed by atoms with van der Waals surface area (Å²) in [7, 11) is 3.13. The van der Waals surface area contributed by atoms with Gasteiger partial charge in [-0.3, -0.25) is 9.59 Å². The summed E-state index contributed by atoms with van der Waals surface area (Å²) in [5, 5.41) is 12.0. The molecule has 0 spiro atoms. The van der Waals surface area contributed by atoms with Crippen molar-refractivity contribution in [3.8, 4) is 11.5 Å². The average Bonchev–Trinajstić information content (AvgIpc) is 3.10. The highest BCUT2D eigenvalue weighted by Gasteiger charge is 2.46. The molecule has 1 saturated heterocycles. The summed E-state index contributed by atoms with van der Waals surface area (Å²) in [5.74, 6) is -0.393. The Bertz CT molecular complexity index is 1330. The lowest BCUT2D eigenvalue weighted by molar-refractivity contribution is -0.140. The van der Waals surface area contributed by atoms with Crippen LogP contribution in [0.2, 0.25) is 5.02 Å². The van der Waals surface area contributed by atoms with Crippen LogP contribution in [-0.4, -0.2) is 35.9 Å². The van der Waals surface area contributed by atoms with Crippen LogP contribution in [0.15, 0.2) is 66.2 Å². The van der Waals surface area contributed by atoms with E-state index in [1.807, 2.05) is 32.0 Å². The fourth-order valence-corrected chi connectivity index (χ4v) is 4.59. The Labute approximate surface area is 209 Å². The van der Waals surface area contributed by atoms with Crippen LogP contribution in [0.1, 0.15) is 33.9 Å². The molecule has 0 aliphatic carbocycles. The minimum atomic E-state index is -0.806. The number of ketones is 1. The van der Waals surface area contributed by atoms with Gasteiger partial charge in [0, 0.05) is 16.1 Å². The van der Waals surface area contributed by atoms with Gasteiger partial charge in [-0.1, -0.05) is 41.9 Å². The zero-order valence-corrected chi connectivity index (χ0v) is 20.7. The molecular weight excluding hydrogens is 466 g/mol. The second kappa shape index (κ2) is 9.84. The first-order chi connectivity index (χ1) is 16.8. The Hall–Kier alpha value is -3.77. The van der Waals surface area contributed by atoms with E-state index in [1.54, 1.807) is 56.7 Å². The lowest BCUT2D eigenvalue weighted by atomic mass is 9.93. The third-order valence-corrected chi connectivity index (χ3v) is 6.51. The monoisotopic (exact) mass is 491 g/mol. The molecule has 180 valence electrons. The molecule has 1 aliphatic rings. The second-order valence-electron chi connectivity index (χ2n) is 8.43. The van der Waals surface area contributed by atoms with Crippen LogP contribution < -0.4 is 9.47 Å². The van der Waals surface area contributed by atoms with Gasteiger partial charge in [0.2, 0.25) is 0 Å². The fourth-order valence-electron chi connectivity index (χ4n) is 4.46. The second-order valence-corrected chi connectivity index (χ2v) is 8.86. The summed E-state index contributed by atoms with van der Waals surface area (Å²) in [5.41, 5.74) is 3.42. The molecule has 1 unspecified atom stereocenters. The van der Waals surface area contributed by atoms with E-state index in [9.17, 15) is 14.7 Å². The number of aliphatic hydroxyl groups is 1. The average molecular weight is 492 g/mol. The molecule has 1 atom stereocenters. The van der Waals surface area contributed by atoms with Crippen LogP contribution in [-0.2, 0) is 16.1 Å². The number of carbonyl (C=O) groups is 2. The molecule has 0 aromatic heterocycles. The van der Waals surface area contributed by atoms with Crippen LogP contribution in [0.4, 0.5) is 0 Å². The number of amides is 1. The van der Waals surface area contributed by atoms with Crippen LogP contribution in [0, 0.1) is 13.8 Å². The van der Waals surface area contributed by atoms with Crippen LogP contribution in [0.25, 0.3) is 5.76 Å². The van der Waals surface area contributed by atoms with Crippen LogP contribution in [0.5, 0.6) is 11.5 Å². The maximum Gasteiger partial charge on any atom is 0.295 e. The first kappa shape index (κ1) is 24.4. The van der Waals surface area contributed by atoms with Gasteiger partial charge in [0.15, 0.2) is 0 Å². The summed E-state index contributed by atoms with van der Waals surface area (Å²) in [6.45, 7) is 3.80. The molecule has 1 aliphatic heterocycles. The smallest absolute Gasteiger partial charge is 0.295 e. The summed E-state index contributed by atoms with van der Waals surface area (Å²) in [4.78, 5) is 28.1. The number of hydrogen-bond donors (Lipinski definition) is 1. The SMILES string of the molecule is COc1cc(C)c(/C(O)=C2\C(=O)C(=O)N(Cc3ccccc3OC)C2c2ccc(Cl)cc2)cc1C. The highest BCUT2D eigenvalue weighted by atomic mass is 35.5. The molecule has 1 N–H and O–H groups in total. The molecule has 1 fully saturated rings. The molecule has 35 heavy (non-hydrogen) atoms.